The third-order valence-corrected chi connectivity index (χ3v) is 2.24. The number of hydrogen-bond acceptors (Lipinski definition) is 2. The summed E-state index contributed by atoms with van der Waals surface area (Å²) in [6.45, 7) is 3.57. The number of carbonyl (C=O) groups excluding carboxylic acids is 1. The minimum absolute atomic E-state index is 0.182. The highest BCUT2D eigenvalue weighted by atomic mass is 16.1. The first-order chi connectivity index (χ1) is 6.66. The van der Waals surface area contributed by atoms with Gasteiger partial charge in [-0.25, -0.2) is 4.98 Å². The second-order valence-electron chi connectivity index (χ2n) is 3.54. The summed E-state index contributed by atoms with van der Waals surface area (Å²) in [5.74, 6) is 0.182. The number of nitrogens with zero attached hydrogens (tertiary/aromatic N) is 2. The van der Waals surface area contributed by atoms with Crippen LogP contribution in [-0.2, 0) is 11.2 Å². The predicted octanol–water partition coefficient (Wildman–Crippen LogP) is 1.77. The minimum atomic E-state index is 0.182. The number of rotatable bonds is 2. The van der Waals surface area contributed by atoms with Crippen molar-refractivity contribution in [3.63, 3.8) is 0 Å². The Labute approximate surface area is 82.4 Å². The topological polar surface area (TPSA) is 34.4 Å². The van der Waals surface area contributed by atoms with Gasteiger partial charge in [-0.2, -0.15) is 0 Å². The maximum absolute atomic E-state index is 10.9. The fourth-order valence-corrected chi connectivity index (χ4v) is 1.57. The van der Waals surface area contributed by atoms with Crippen LogP contribution in [0.3, 0.4) is 0 Å². The Kier molecular flexibility index (Phi) is 2.08. The fraction of sp³-hybridized carbons (Fsp3) is 0.273. The zero-order chi connectivity index (χ0) is 10.1. The summed E-state index contributed by atoms with van der Waals surface area (Å²) in [4.78, 5) is 15.1. The van der Waals surface area contributed by atoms with E-state index in [0.717, 1.165) is 16.8 Å². The quantitative estimate of drug-likeness (QED) is 0.719. The van der Waals surface area contributed by atoms with Crippen molar-refractivity contribution in [3.05, 3.63) is 35.9 Å². The predicted molar refractivity (Wildman–Crippen MR) is 54.3 cm³/mol. The Morgan fingerprint density at radius 3 is 3.00 bits per heavy atom. The van der Waals surface area contributed by atoms with Crippen LogP contribution in [0.15, 0.2) is 24.7 Å². The summed E-state index contributed by atoms with van der Waals surface area (Å²) in [7, 11) is 0. The van der Waals surface area contributed by atoms with Gasteiger partial charge in [0, 0.05) is 12.6 Å². The smallest absolute Gasteiger partial charge is 0.134 e. The zero-order valence-corrected chi connectivity index (χ0v) is 8.32. The number of pyridine rings is 1. The molecular formula is C11H12N2O. The largest absolute Gasteiger partial charge is 0.306 e. The van der Waals surface area contributed by atoms with E-state index in [4.69, 9.17) is 0 Å². The van der Waals surface area contributed by atoms with Crippen molar-refractivity contribution in [2.45, 2.75) is 20.3 Å². The number of ketones is 1. The van der Waals surface area contributed by atoms with Gasteiger partial charge in [-0.05, 0) is 25.5 Å². The molecule has 0 atom stereocenters. The van der Waals surface area contributed by atoms with Crippen molar-refractivity contribution in [2.24, 2.45) is 0 Å². The van der Waals surface area contributed by atoms with Crippen LogP contribution in [0.5, 0.6) is 0 Å². The van der Waals surface area contributed by atoms with E-state index in [2.05, 4.69) is 4.98 Å². The molecule has 0 aliphatic carbocycles. The van der Waals surface area contributed by atoms with Gasteiger partial charge in [0.05, 0.1) is 17.5 Å². The molecule has 2 aromatic heterocycles. The van der Waals surface area contributed by atoms with Gasteiger partial charge in [0.1, 0.15) is 5.78 Å². The number of hydrogen-bond donors (Lipinski definition) is 0. The molecule has 0 saturated carbocycles. The van der Waals surface area contributed by atoms with E-state index in [1.54, 1.807) is 13.3 Å². The second-order valence-corrected chi connectivity index (χ2v) is 3.54. The molecule has 0 amide bonds. The maximum atomic E-state index is 10.9. The SMILES string of the molecule is CC(=O)Cc1ccc2c(C)ncn2c1. The molecule has 2 heterocycles. The Hall–Kier alpha value is -1.64. The van der Waals surface area contributed by atoms with Crippen LogP contribution in [0.4, 0.5) is 0 Å². The molecule has 14 heavy (non-hydrogen) atoms. The Balaban J connectivity index is 2.46. The lowest BCUT2D eigenvalue weighted by Gasteiger charge is -1.99. The number of carbonyl (C=O) groups is 1. The molecule has 0 bridgehead atoms. The van der Waals surface area contributed by atoms with Gasteiger partial charge in [0.25, 0.3) is 0 Å². The van der Waals surface area contributed by atoms with Crippen LogP contribution in [0.25, 0.3) is 5.52 Å². The van der Waals surface area contributed by atoms with E-state index in [-0.39, 0.29) is 5.78 Å². The van der Waals surface area contributed by atoms with Crippen molar-refractivity contribution < 1.29 is 4.79 Å². The third-order valence-electron chi connectivity index (χ3n) is 2.24. The van der Waals surface area contributed by atoms with E-state index in [9.17, 15) is 4.79 Å². The highest BCUT2D eigenvalue weighted by Gasteiger charge is 2.01. The summed E-state index contributed by atoms with van der Waals surface area (Å²) >= 11 is 0. The molecule has 2 aromatic rings. The van der Waals surface area contributed by atoms with Crippen molar-refractivity contribution >= 4 is 11.3 Å². The highest BCUT2D eigenvalue weighted by molar-refractivity contribution is 5.78. The lowest BCUT2D eigenvalue weighted by Crippen LogP contribution is -1.97. The number of aryl methyl sites for hydroxylation is 1. The molecule has 0 aliphatic rings. The molecule has 2 rings (SSSR count). The van der Waals surface area contributed by atoms with Gasteiger partial charge in [0.2, 0.25) is 0 Å². The van der Waals surface area contributed by atoms with E-state index >= 15 is 0 Å². The molecule has 0 aliphatic heterocycles. The van der Waals surface area contributed by atoms with E-state index in [0.29, 0.717) is 6.42 Å². The Morgan fingerprint density at radius 1 is 1.50 bits per heavy atom. The lowest BCUT2D eigenvalue weighted by molar-refractivity contribution is -0.116. The normalized spacial score (nSPS) is 10.7. The van der Waals surface area contributed by atoms with Crippen LogP contribution < -0.4 is 0 Å². The average molecular weight is 188 g/mol. The molecule has 72 valence electrons. The standard InChI is InChI=1S/C11H12N2O/c1-8(14)5-10-3-4-11-9(2)12-7-13(11)6-10/h3-4,6-7H,5H2,1-2H3. The summed E-state index contributed by atoms with van der Waals surface area (Å²) in [6.07, 6.45) is 4.22. The van der Waals surface area contributed by atoms with Crippen molar-refractivity contribution in [1.29, 1.82) is 0 Å². The Morgan fingerprint density at radius 2 is 2.29 bits per heavy atom. The van der Waals surface area contributed by atoms with Gasteiger partial charge >= 0.3 is 0 Å². The minimum Gasteiger partial charge on any atom is -0.306 e. The van der Waals surface area contributed by atoms with E-state index < -0.39 is 0 Å². The fourth-order valence-electron chi connectivity index (χ4n) is 1.57. The van der Waals surface area contributed by atoms with Gasteiger partial charge < -0.3 is 4.40 Å². The van der Waals surface area contributed by atoms with Crippen LogP contribution in [-0.4, -0.2) is 15.2 Å². The first-order valence-corrected chi connectivity index (χ1v) is 4.58. The van der Waals surface area contributed by atoms with E-state index in [1.807, 2.05) is 29.7 Å². The second kappa shape index (κ2) is 3.25. The molecular weight excluding hydrogens is 176 g/mol. The van der Waals surface area contributed by atoms with Crippen LogP contribution >= 0.6 is 0 Å². The summed E-state index contributed by atoms with van der Waals surface area (Å²) < 4.78 is 1.95. The number of Topliss-reactive ketones (excluding diaryl/α,β-unsaturated/α-hetero) is 1. The third kappa shape index (κ3) is 1.53. The Bertz CT molecular complexity index is 485. The van der Waals surface area contributed by atoms with Crippen LogP contribution in [0.2, 0.25) is 0 Å². The van der Waals surface area contributed by atoms with Gasteiger partial charge in [-0.15, -0.1) is 0 Å². The molecule has 0 N–H and O–H groups in total. The zero-order valence-electron chi connectivity index (χ0n) is 8.32. The summed E-state index contributed by atoms with van der Waals surface area (Å²) in [5, 5.41) is 0. The average Bonchev–Trinajstić information content (AvgIpc) is 2.46. The van der Waals surface area contributed by atoms with Crippen molar-refractivity contribution in [3.8, 4) is 0 Å². The molecule has 0 saturated heterocycles. The maximum Gasteiger partial charge on any atom is 0.134 e. The van der Waals surface area contributed by atoms with Gasteiger partial charge in [-0.3, -0.25) is 4.79 Å². The van der Waals surface area contributed by atoms with E-state index in [1.165, 1.54) is 0 Å². The van der Waals surface area contributed by atoms with Crippen molar-refractivity contribution in [2.75, 3.05) is 0 Å². The first-order valence-electron chi connectivity index (χ1n) is 4.58. The van der Waals surface area contributed by atoms with Gasteiger partial charge in [-0.1, -0.05) is 6.07 Å². The molecule has 3 heteroatoms. The molecule has 0 spiro atoms. The summed E-state index contributed by atoms with van der Waals surface area (Å²) in [6, 6.07) is 3.98. The number of imidazole rings is 1. The molecule has 0 radical (unpaired) electrons. The molecule has 3 nitrogen and oxygen atoms in total. The van der Waals surface area contributed by atoms with Gasteiger partial charge in [0.15, 0.2) is 0 Å². The first kappa shape index (κ1) is 8.94. The molecule has 0 fully saturated rings. The highest BCUT2D eigenvalue weighted by Crippen LogP contribution is 2.10. The summed E-state index contributed by atoms with van der Waals surface area (Å²) in [5.41, 5.74) is 3.14. The molecule has 0 aromatic carbocycles. The molecule has 0 unspecified atom stereocenters. The number of fused-ring (bicyclic) bond motifs is 1. The van der Waals surface area contributed by atoms with Crippen molar-refractivity contribution in [1.82, 2.24) is 9.38 Å². The van der Waals surface area contributed by atoms with Crippen LogP contribution in [0, 0.1) is 6.92 Å². The lowest BCUT2D eigenvalue weighted by atomic mass is 10.1. The monoisotopic (exact) mass is 188 g/mol. The van der Waals surface area contributed by atoms with Crippen LogP contribution in [0.1, 0.15) is 18.2 Å². The number of aromatic nitrogens is 2.